The summed E-state index contributed by atoms with van der Waals surface area (Å²) in [6.45, 7) is 1.61. The largest absolute Gasteiger partial charge is 0.376 e. The minimum Gasteiger partial charge on any atom is -0.376 e. The Hall–Kier alpha value is -1.98. The summed E-state index contributed by atoms with van der Waals surface area (Å²) < 4.78 is 18.8. The Bertz CT molecular complexity index is 702. The van der Waals surface area contributed by atoms with Crippen molar-refractivity contribution in [3.8, 4) is 0 Å². The first-order chi connectivity index (χ1) is 11.6. The summed E-state index contributed by atoms with van der Waals surface area (Å²) in [5.41, 5.74) is 1.35. The molecule has 4 nitrogen and oxygen atoms in total. The van der Waals surface area contributed by atoms with Crippen LogP contribution in [0.1, 0.15) is 28.8 Å². The van der Waals surface area contributed by atoms with Gasteiger partial charge in [-0.25, -0.2) is 9.37 Å². The molecular weight excluding hydrogens is 331 g/mol. The van der Waals surface area contributed by atoms with Crippen LogP contribution in [0.5, 0.6) is 0 Å². The van der Waals surface area contributed by atoms with E-state index >= 15 is 0 Å². The van der Waals surface area contributed by atoms with Crippen LogP contribution in [-0.2, 0) is 11.3 Å². The molecule has 2 heterocycles. The summed E-state index contributed by atoms with van der Waals surface area (Å²) in [5, 5.41) is 0.277. The predicted octanol–water partition coefficient (Wildman–Crippen LogP) is 3.70. The number of carbonyl (C=O) groups is 1. The van der Waals surface area contributed by atoms with Gasteiger partial charge in [0.2, 0.25) is 0 Å². The average molecular weight is 349 g/mol. The summed E-state index contributed by atoms with van der Waals surface area (Å²) in [6.07, 6.45) is 3.48. The quantitative estimate of drug-likeness (QED) is 0.774. The number of halogens is 2. The molecule has 3 rings (SSSR count). The summed E-state index contributed by atoms with van der Waals surface area (Å²) >= 11 is 5.89. The van der Waals surface area contributed by atoms with E-state index in [1.54, 1.807) is 29.2 Å². The Balaban J connectivity index is 1.80. The summed E-state index contributed by atoms with van der Waals surface area (Å²) in [6, 6.07) is 9.36. The maximum atomic E-state index is 13.1. The van der Waals surface area contributed by atoms with Gasteiger partial charge < -0.3 is 9.64 Å². The number of pyridine rings is 1. The van der Waals surface area contributed by atoms with Crippen molar-refractivity contribution in [3.05, 3.63) is 64.7 Å². The van der Waals surface area contributed by atoms with Crippen LogP contribution in [-0.4, -0.2) is 35.0 Å². The van der Waals surface area contributed by atoms with E-state index in [1.807, 2.05) is 0 Å². The van der Waals surface area contributed by atoms with Gasteiger partial charge >= 0.3 is 0 Å². The number of hydrogen-bond donors (Lipinski definition) is 0. The van der Waals surface area contributed by atoms with Gasteiger partial charge in [0, 0.05) is 31.5 Å². The second kappa shape index (κ2) is 7.73. The molecule has 2 aromatic rings. The van der Waals surface area contributed by atoms with Crippen molar-refractivity contribution >= 4 is 17.5 Å². The minimum atomic E-state index is -0.295. The number of amides is 1. The fourth-order valence-corrected chi connectivity index (χ4v) is 2.96. The van der Waals surface area contributed by atoms with Crippen molar-refractivity contribution in [1.29, 1.82) is 0 Å². The van der Waals surface area contributed by atoms with Crippen LogP contribution in [0.2, 0.25) is 5.15 Å². The fraction of sp³-hybridized carbons (Fsp3) is 0.333. The topological polar surface area (TPSA) is 42.4 Å². The number of nitrogens with zero attached hydrogens (tertiary/aromatic N) is 2. The highest BCUT2D eigenvalue weighted by molar-refractivity contribution is 6.29. The SMILES string of the molecule is O=C(c1ccnc(Cl)c1)N(Cc1ccc(F)cc1)C[C@@H]1CCCO1. The van der Waals surface area contributed by atoms with Crippen LogP contribution in [0.4, 0.5) is 4.39 Å². The first-order valence-electron chi connectivity index (χ1n) is 7.89. The lowest BCUT2D eigenvalue weighted by molar-refractivity contribution is 0.0507. The van der Waals surface area contributed by atoms with Crippen molar-refractivity contribution in [3.63, 3.8) is 0 Å². The van der Waals surface area contributed by atoms with E-state index in [1.165, 1.54) is 18.3 Å². The first-order valence-corrected chi connectivity index (χ1v) is 8.26. The fourth-order valence-electron chi connectivity index (χ4n) is 2.78. The zero-order valence-electron chi connectivity index (χ0n) is 13.1. The van der Waals surface area contributed by atoms with Crippen molar-refractivity contribution in [2.75, 3.05) is 13.2 Å². The Labute approximate surface area is 145 Å². The Morgan fingerprint density at radius 2 is 2.12 bits per heavy atom. The third kappa shape index (κ3) is 4.30. The van der Waals surface area contributed by atoms with Gasteiger partial charge in [0.25, 0.3) is 5.91 Å². The third-order valence-corrected chi connectivity index (χ3v) is 4.20. The number of hydrogen-bond acceptors (Lipinski definition) is 3. The molecule has 1 atom stereocenters. The van der Waals surface area contributed by atoms with E-state index in [2.05, 4.69) is 4.98 Å². The summed E-state index contributed by atoms with van der Waals surface area (Å²) in [7, 11) is 0. The highest BCUT2D eigenvalue weighted by Gasteiger charge is 2.24. The molecule has 1 amide bonds. The van der Waals surface area contributed by atoms with Gasteiger partial charge in [0.1, 0.15) is 11.0 Å². The Kier molecular flexibility index (Phi) is 5.43. The Morgan fingerprint density at radius 1 is 1.33 bits per heavy atom. The molecule has 1 aliphatic rings. The van der Waals surface area contributed by atoms with Crippen LogP contribution in [0.15, 0.2) is 42.6 Å². The van der Waals surface area contributed by atoms with E-state index < -0.39 is 0 Å². The lowest BCUT2D eigenvalue weighted by Crippen LogP contribution is -2.37. The van der Waals surface area contributed by atoms with Crippen LogP contribution in [0.3, 0.4) is 0 Å². The smallest absolute Gasteiger partial charge is 0.254 e. The van der Waals surface area contributed by atoms with Gasteiger partial charge in [-0.3, -0.25) is 4.79 Å². The number of rotatable bonds is 5. The van der Waals surface area contributed by atoms with E-state index in [-0.39, 0.29) is 23.0 Å². The third-order valence-electron chi connectivity index (χ3n) is 4.00. The zero-order chi connectivity index (χ0) is 16.9. The summed E-state index contributed by atoms with van der Waals surface area (Å²) in [4.78, 5) is 18.5. The normalized spacial score (nSPS) is 17.0. The van der Waals surface area contributed by atoms with Gasteiger partial charge in [-0.05, 0) is 42.7 Å². The number of carbonyl (C=O) groups excluding carboxylic acids is 1. The second-order valence-corrected chi connectivity index (χ2v) is 6.20. The van der Waals surface area contributed by atoms with Gasteiger partial charge in [-0.15, -0.1) is 0 Å². The van der Waals surface area contributed by atoms with E-state index in [0.717, 1.165) is 25.0 Å². The van der Waals surface area contributed by atoms with Crippen molar-refractivity contribution in [1.82, 2.24) is 9.88 Å². The maximum Gasteiger partial charge on any atom is 0.254 e. The molecule has 24 heavy (non-hydrogen) atoms. The molecule has 0 bridgehead atoms. The second-order valence-electron chi connectivity index (χ2n) is 5.81. The maximum absolute atomic E-state index is 13.1. The molecule has 0 N–H and O–H groups in total. The zero-order valence-corrected chi connectivity index (χ0v) is 13.9. The Morgan fingerprint density at radius 3 is 2.79 bits per heavy atom. The molecular formula is C18H18ClFN2O2. The predicted molar refractivity (Wildman–Crippen MR) is 89.4 cm³/mol. The van der Waals surface area contributed by atoms with Crippen molar-refractivity contribution in [2.45, 2.75) is 25.5 Å². The van der Waals surface area contributed by atoms with Gasteiger partial charge in [-0.1, -0.05) is 23.7 Å². The summed E-state index contributed by atoms with van der Waals surface area (Å²) in [5.74, 6) is -0.434. The monoisotopic (exact) mass is 348 g/mol. The van der Waals surface area contributed by atoms with Gasteiger partial charge in [0.15, 0.2) is 0 Å². The molecule has 0 spiro atoms. The molecule has 1 saturated heterocycles. The molecule has 0 aliphatic carbocycles. The minimum absolute atomic E-state index is 0.0340. The van der Waals surface area contributed by atoms with E-state index in [9.17, 15) is 9.18 Å². The molecule has 0 unspecified atom stereocenters. The van der Waals surface area contributed by atoms with Crippen molar-refractivity contribution < 1.29 is 13.9 Å². The molecule has 6 heteroatoms. The molecule has 1 aromatic carbocycles. The van der Waals surface area contributed by atoms with Gasteiger partial charge in [0.05, 0.1) is 6.10 Å². The lowest BCUT2D eigenvalue weighted by atomic mass is 10.1. The highest BCUT2D eigenvalue weighted by Crippen LogP contribution is 2.18. The lowest BCUT2D eigenvalue weighted by Gasteiger charge is -2.26. The van der Waals surface area contributed by atoms with E-state index in [4.69, 9.17) is 16.3 Å². The standard InChI is InChI=1S/C18H18ClFN2O2/c19-17-10-14(7-8-21-17)18(23)22(12-16-2-1-9-24-16)11-13-3-5-15(20)6-4-13/h3-8,10,16H,1-2,9,11-12H2/t16-/m0/s1. The molecule has 0 saturated carbocycles. The highest BCUT2D eigenvalue weighted by atomic mass is 35.5. The van der Waals surface area contributed by atoms with E-state index in [0.29, 0.717) is 18.7 Å². The molecule has 126 valence electrons. The van der Waals surface area contributed by atoms with Crippen LogP contribution in [0.25, 0.3) is 0 Å². The number of aromatic nitrogens is 1. The van der Waals surface area contributed by atoms with Gasteiger partial charge in [-0.2, -0.15) is 0 Å². The molecule has 1 aliphatic heterocycles. The average Bonchev–Trinajstić information content (AvgIpc) is 3.09. The molecule has 0 radical (unpaired) electrons. The van der Waals surface area contributed by atoms with Crippen LogP contribution >= 0.6 is 11.6 Å². The van der Waals surface area contributed by atoms with Crippen LogP contribution < -0.4 is 0 Å². The number of benzene rings is 1. The molecule has 1 fully saturated rings. The van der Waals surface area contributed by atoms with Crippen LogP contribution in [0, 0.1) is 5.82 Å². The van der Waals surface area contributed by atoms with Crippen molar-refractivity contribution in [2.24, 2.45) is 0 Å². The first kappa shape index (κ1) is 16.9. The molecule has 1 aromatic heterocycles. The number of ether oxygens (including phenoxy) is 1.